The topological polar surface area (TPSA) is 58.9 Å². The minimum atomic E-state index is -0.0866. The summed E-state index contributed by atoms with van der Waals surface area (Å²) >= 11 is 5.78. The number of nitrogens with one attached hydrogen (secondary N) is 1. The second-order valence-corrected chi connectivity index (χ2v) is 7.96. The predicted molar refractivity (Wildman–Crippen MR) is 124 cm³/mol. The first-order valence-electron chi connectivity index (χ1n) is 10.2. The van der Waals surface area contributed by atoms with Crippen molar-refractivity contribution < 1.29 is 0 Å². The number of rotatable bonds is 5. The van der Waals surface area contributed by atoms with Crippen LogP contribution in [0.15, 0.2) is 85.5 Å². The number of pyridine rings is 3. The Morgan fingerprint density at radius 1 is 0.935 bits per heavy atom. The lowest BCUT2D eigenvalue weighted by Crippen LogP contribution is -2.30. The average Bonchev–Trinajstić information content (AvgIpc) is 3.40. The molecule has 31 heavy (non-hydrogen) atoms. The molecule has 2 atom stereocenters. The maximum atomic E-state index is 5.78. The van der Waals surface area contributed by atoms with E-state index in [0.717, 1.165) is 28.5 Å². The zero-order valence-electron chi connectivity index (χ0n) is 17.1. The second kappa shape index (κ2) is 8.28. The first-order valence-corrected chi connectivity index (χ1v) is 10.6. The van der Waals surface area contributed by atoms with Crippen LogP contribution in [0.5, 0.6) is 0 Å². The highest BCUT2D eigenvalue weighted by Crippen LogP contribution is 2.40. The van der Waals surface area contributed by atoms with Crippen LogP contribution < -0.4 is 5.32 Å². The van der Waals surface area contributed by atoms with Crippen LogP contribution in [0.25, 0.3) is 5.82 Å². The van der Waals surface area contributed by atoms with Gasteiger partial charge in [0.15, 0.2) is 5.11 Å². The van der Waals surface area contributed by atoms with Crippen LogP contribution in [0, 0.1) is 6.92 Å². The zero-order chi connectivity index (χ0) is 21.2. The van der Waals surface area contributed by atoms with Gasteiger partial charge in [-0.05, 0) is 67.2 Å². The number of hydrogen-bond acceptors (Lipinski definition) is 4. The molecule has 1 N–H and O–H groups in total. The van der Waals surface area contributed by atoms with E-state index in [0.29, 0.717) is 11.7 Å². The van der Waals surface area contributed by atoms with Gasteiger partial charge >= 0.3 is 0 Å². The van der Waals surface area contributed by atoms with Crippen molar-refractivity contribution in [2.45, 2.75) is 25.6 Å². The Kier molecular flexibility index (Phi) is 5.18. The van der Waals surface area contributed by atoms with Crippen molar-refractivity contribution >= 4 is 17.3 Å². The van der Waals surface area contributed by atoms with Crippen molar-refractivity contribution in [2.24, 2.45) is 0 Å². The number of aromatic nitrogens is 4. The lowest BCUT2D eigenvalue weighted by atomic mass is 10.0. The fraction of sp³-hybridized carbons (Fsp3) is 0.167. The average molecular weight is 427 g/mol. The zero-order valence-corrected chi connectivity index (χ0v) is 17.9. The monoisotopic (exact) mass is 426 g/mol. The van der Waals surface area contributed by atoms with E-state index in [1.54, 1.807) is 0 Å². The van der Waals surface area contributed by atoms with Gasteiger partial charge in [-0.25, -0.2) is 4.98 Å². The largest absolute Gasteiger partial charge is 0.352 e. The van der Waals surface area contributed by atoms with Crippen LogP contribution in [0.1, 0.15) is 34.7 Å². The summed E-state index contributed by atoms with van der Waals surface area (Å²) in [7, 11) is 0. The van der Waals surface area contributed by atoms with Crippen molar-refractivity contribution in [1.82, 2.24) is 29.7 Å². The molecule has 0 aliphatic carbocycles. The molecule has 0 aromatic carbocycles. The second-order valence-electron chi connectivity index (χ2n) is 7.57. The van der Waals surface area contributed by atoms with Gasteiger partial charge in [0.1, 0.15) is 5.82 Å². The van der Waals surface area contributed by atoms with E-state index in [1.165, 1.54) is 0 Å². The number of nitrogens with zero attached hydrogens (tertiary/aromatic N) is 5. The van der Waals surface area contributed by atoms with Gasteiger partial charge in [-0.15, -0.1) is 0 Å². The highest BCUT2D eigenvalue weighted by atomic mass is 32.1. The molecule has 1 fully saturated rings. The van der Waals surface area contributed by atoms with Crippen LogP contribution in [0.3, 0.4) is 0 Å². The third-order valence-corrected chi connectivity index (χ3v) is 5.83. The third kappa shape index (κ3) is 3.80. The van der Waals surface area contributed by atoms with Crippen LogP contribution in [-0.4, -0.2) is 29.5 Å². The van der Waals surface area contributed by atoms with Crippen molar-refractivity contribution in [3.05, 3.63) is 108 Å². The van der Waals surface area contributed by atoms with E-state index in [4.69, 9.17) is 12.2 Å². The lowest BCUT2D eigenvalue weighted by molar-refractivity contribution is 0.299. The van der Waals surface area contributed by atoms with E-state index >= 15 is 0 Å². The molecule has 0 unspecified atom stereocenters. The fourth-order valence-corrected chi connectivity index (χ4v) is 4.31. The molecule has 0 saturated carbocycles. The van der Waals surface area contributed by atoms with Crippen molar-refractivity contribution in [3.63, 3.8) is 0 Å². The Bertz CT molecular complexity index is 1170. The molecule has 1 aliphatic rings. The molecule has 5 heterocycles. The first kappa shape index (κ1) is 19.4. The van der Waals surface area contributed by atoms with E-state index in [1.807, 2.05) is 80.2 Å². The summed E-state index contributed by atoms with van der Waals surface area (Å²) in [5.41, 5.74) is 4.13. The summed E-state index contributed by atoms with van der Waals surface area (Å²) in [5.74, 6) is 0.876. The molecule has 1 aliphatic heterocycles. The number of hydrogen-bond donors (Lipinski definition) is 1. The van der Waals surface area contributed by atoms with Gasteiger partial charge < -0.3 is 14.8 Å². The molecule has 7 heteroatoms. The third-order valence-electron chi connectivity index (χ3n) is 5.48. The minimum Gasteiger partial charge on any atom is -0.352 e. The summed E-state index contributed by atoms with van der Waals surface area (Å²) in [6, 6.07) is 20.1. The maximum Gasteiger partial charge on any atom is 0.170 e. The molecular formula is C24H22N6S. The number of aryl methyl sites for hydroxylation is 1. The summed E-state index contributed by atoms with van der Waals surface area (Å²) in [6.07, 6.45) is 7.56. The first-order chi connectivity index (χ1) is 15.2. The summed E-state index contributed by atoms with van der Waals surface area (Å²) in [4.78, 5) is 16.0. The Labute approximate surface area is 186 Å². The van der Waals surface area contributed by atoms with Gasteiger partial charge in [-0.2, -0.15) is 0 Å². The summed E-state index contributed by atoms with van der Waals surface area (Å²) in [6.45, 7) is 2.64. The Hall–Kier alpha value is -3.58. The molecule has 1 saturated heterocycles. The maximum absolute atomic E-state index is 5.78. The van der Waals surface area contributed by atoms with Crippen LogP contribution in [-0.2, 0) is 6.54 Å². The van der Waals surface area contributed by atoms with Gasteiger partial charge in [-0.1, -0.05) is 18.2 Å². The van der Waals surface area contributed by atoms with Crippen molar-refractivity contribution in [3.8, 4) is 5.82 Å². The minimum absolute atomic E-state index is 0.0671. The smallest absolute Gasteiger partial charge is 0.170 e. The molecular weight excluding hydrogens is 404 g/mol. The van der Waals surface area contributed by atoms with E-state index in [2.05, 4.69) is 41.9 Å². The molecule has 154 valence electrons. The van der Waals surface area contributed by atoms with Gasteiger partial charge in [0.05, 0.1) is 30.0 Å². The standard InChI is InChI=1S/C24H22N6S/c1-17-10-11-21(27-15-17)29-14-6-9-20(29)23-22(19-8-3-5-13-26-19)28-24(31)30(23)16-18-7-2-4-12-25-18/h2-15,22-23H,16H2,1H3,(H,28,31)/t22-,23+/m1/s1. The van der Waals surface area contributed by atoms with E-state index < -0.39 is 0 Å². The van der Waals surface area contributed by atoms with Crippen LogP contribution >= 0.6 is 12.2 Å². The van der Waals surface area contributed by atoms with Crippen molar-refractivity contribution in [2.75, 3.05) is 0 Å². The molecule has 5 rings (SSSR count). The normalized spacial score (nSPS) is 18.2. The fourth-order valence-electron chi connectivity index (χ4n) is 4.01. The predicted octanol–water partition coefficient (Wildman–Crippen LogP) is 4.14. The van der Waals surface area contributed by atoms with E-state index in [9.17, 15) is 0 Å². The quantitative estimate of drug-likeness (QED) is 0.484. The van der Waals surface area contributed by atoms with Crippen LogP contribution in [0.2, 0.25) is 0 Å². The molecule has 0 amide bonds. The Balaban J connectivity index is 1.60. The Morgan fingerprint density at radius 2 is 1.77 bits per heavy atom. The SMILES string of the molecule is Cc1ccc(-n2cccc2[C@H]2[C@@H](c3ccccn3)NC(=S)N2Cc2ccccn2)nc1. The highest BCUT2D eigenvalue weighted by molar-refractivity contribution is 7.80. The highest BCUT2D eigenvalue weighted by Gasteiger charge is 2.41. The van der Waals surface area contributed by atoms with Gasteiger partial charge in [0, 0.05) is 30.5 Å². The van der Waals surface area contributed by atoms with Crippen molar-refractivity contribution in [1.29, 1.82) is 0 Å². The van der Waals surface area contributed by atoms with Gasteiger partial charge in [0.25, 0.3) is 0 Å². The number of thiocarbonyl (C=S) groups is 1. The van der Waals surface area contributed by atoms with E-state index in [-0.39, 0.29) is 12.1 Å². The molecule has 4 aromatic heterocycles. The molecule has 0 spiro atoms. The van der Waals surface area contributed by atoms with Gasteiger partial charge in [0.2, 0.25) is 0 Å². The molecule has 0 bridgehead atoms. The molecule has 0 radical (unpaired) electrons. The summed E-state index contributed by atoms with van der Waals surface area (Å²) in [5, 5.41) is 4.19. The summed E-state index contributed by atoms with van der Waals surface area (Å²) < 4.78 is 2.13. The van der Waals surface area contributed by atoms with Crippen LogP contribution in [0.4, 0.5) is 0 Å². The van der Waals surface area contributed by atoms with Gasteiger partial charge in [-0.3, -0.25) is 9.97 Å². The lowest BCUT2D eigenvalue weighted by Gasteiger charge is -2.28. The Morgan fingerprint density at radius 3 is 2.48 bits per heavy atom. The molecule has 4 aromatic rings. The molecule has 6 nitrogen and oxygen atoms in total.